The van der Waals surface area contributed by atoms with Crippen LogP contribution in [0.4, 0.5) is 15.2 Å². The Balaban J connectivity index is 1.74. The van der Waals surface area contributed by atoms with Gasteiger partial charge in [-0.15, -0.1) is 10.2 Å². The minimum absolute atomic E-state index is 0.128. The summed E-state index contributed by atoms with van der Waals surface area (Å²) in [4.78, 5) is 11.6. The molecule has 0 unspecified atom stereocenters. The van der Waals surface area contributed by atoms with Gasteiger partial charge in [-0.3, -0.25) is 4.79 Å². The average Bonchev–Trinajstić information content (AvgIpc) is 2.78. The molecule has 3 N–H and O–H groups in total. The molecular formula is C11H11FN4OS2. The predicted molar refractivity (Wildman–Crippen MR) is 74.7 cm³/mol. The van der Waals surface area contributed by atoms with Gasteiger partial charge in [-0.2, -0.15) is 0 Å². The van der Waals surface area contributed by atoms with Crippen molar-refractivity contribution in [2.45, 2.75) is 10.8 Å². The van der Waals surface area contributed by atoms with E-state index in [1.165, 1.54) is 47.4 Å². The summed E-state index contributed by atoms with van der Waals surface area (Å²) in [5, 5.41) is 10.6. The van der Waals surface area contributed by atoms with Crippen LogP contribution in [0, 0.1) is 5.82 Å². The molecule has 5 nitrogen and oxygen atoms in total. The second-order valence-electron chi connectivity index (χ2n) is 3.56. The molecule has 1 aromatic heterocycles. The van der Waals surface area contributed by atoms with Gasteiger partial charge in [-0.1, -0.05) is 23.1 Å². The minimum atomic E-state index is -0.331. The molecule has 0 radical (unpaired) electrons. The van der Waals surface area contributed by atoms with Gasteiger partial charge in [0.2, 0.25) is 11.0 Å². The lowest BCUT2D eigenvalue weighted by Crippen LogP contribution is -2.12. The zero-order valence-corrected chi connectivity index (χ0v) is 11.4. The maximum absolute atomic E-state index is 12.7. The molecule has 19 heavy (non-hydrogen) atoms. The van der Waals surface area contributed by atoms with Crippen LogP contribution in [0.3, 0.4) is 0 Å². The summed E-state index contributed by atoms with van der Waals surface area (Å²) in [5.74, 6) is 0.126. The number of rotatable bonds is 5. The molecule has 0 bridgehead atoms. The SMILES string of the molecule is Nc1nnc(SCCC(=O)Nc2ccc(F)cc2)s1. The van der Waals surface area contributed by atoms with Crippen LogP contribution in [-0.4, -0.2) is 21.9 Å². The largest absolute Gasteiger partial charge is 0.374 e. The van der Waals surface area contributed by atoms with E-state index >= 15 is 0 Å². The molecular weight excluding hydrogens is 287 g/mol. The summed E-state index contributed by atoms with van der Waals surface area (Å²) in [5.41, 5.74) is 6.03. The van der Waals surface area contributed by atoms with E-state index in [-0.39, 0.29) is 11.7 Å². The van der Waals surface area contributed by atoms with Crippen molar-refractivity contribution in [2.75, 3.05) is 16.8 Å². The van der Waals surface area contributed by atoms with Gasteiger partial charge < -0.3 is 11.1 Å². The van der Waals surface area contributed by atoms with Gasteiger partial charge in [0.05, 0.1) is 0 Å². The van der Waals surface area contributed by atoms with Gasteiger partial charge >= 0.3 is 0 Å². The maximum Gasteiger partial charge on any atom is 0.225 e. The third-order valence-corrected chi connectivity index (χ3v) is 3.99. The second kappa shape index (κ2) is 6.48. The van der Waals surface area contributed by atoms with Gasteiger partial charge in [0.1, 0.15) is 5.82 Å². The Labute approximate surface area is 117 Å². The van der Waals surface area contributed by atoms with Crippen molar-refractivity contribution >= 4 is 39.8 Å². The third kappa shape index (κ3) is 4.49. The highest BCUT2D eigenvalue weighted by atomic mass is 32.2. The summed E-state index contributed by atoms with van der Waals surface area (Å²) in [6.45, 7) is 0. The first-order valence-corrected chi connectivity index (χ1v) is 7.21. The second-order valence-corrected chi connectivity index (χ2v) is 5.91. The smallest absolute Gasteiger partial charge is 0.225 e. The van der Waals surface area contributed by atoms with Gasteiger partial charge in [0.15, 0.2) is 4.34 Å². The van der Waals surface area contributed by atoms with E-state index in [1.54, 1.807) is 0 Å². The summed E-state index contributed by atoms with van der Waals surface area (Å²) < 4.78 is 13.4. The van der Waals surface area contributed by atoms with E-state index in [0.717, 1.165) is 4.34 Å². The number of halogens is 1. The Kier molecular flexibility index (Phi) is 4.69. The topological polar surface area (TPSA) is 80.9 Å². The minimum Gasteiger partial charge on any atom is -0.374 e. The highest BCUT2D eigenvalue weighted by molar-refractivity contribution is 8.01. The monoisotopic (exact) mass is 298 g/mol. The average molecular weight is 298 g/mol. The molecule has 1 heterocycles. The number of nitrogens with two attached hydrogens (primary N) is 1. The summed E-state index contributed by atoms with van der Waals surface area (Å²) in [6.07, 6.45) is 0.335. The highest BCUT2D eigenvalue weighted by Gasteiger charge is 2.05. The Hall–Kier alpha value is -1.67. The summed E-state index contributed by atoms with van der Waals surface area (Å²) >= 11 is 2.72. The summed E-state index contributed by atoms with van der Waals surface area (Å²) in [7, 11) is 0. The van der Waals surface area contributed by atoms with Crippen molar-refractivity contribution in [2.24, 2.45) is 0 Å². The van der Waals surface area contributed by atoms with Crippen LogP contribution in [0.5, 0.6) is 0 Å². The van der Waals surface area contributed by atoms with Crippen LogP contribution in [0.15, 0.2) is 28.6 Å². The number of aromatic nitrogens is 2. The van der Waals surface area contributed by atoms with Crippen molar-refractivity contribution < 1.29 is 9.18 Å². The van der Waals surface area contributed by atoms with Crippen LogP contribution in [0.2, 0.25) is 0 Å². The zero-order valence-electron chi connectivity index (χ0n) is 9.80. The Morgan fingerprint density at radius 2 is 2.11 bits per heavy atom. The van der Waals surface area contributed by atoms with Gasteiger partial charge in [0, 0.05) is 17.9 Å². The molecule has 0 aliphatic carbocycles. The lowest BCUT2D eigenvalue weighted by molar-refractivity contribution is -0.115. The molecule has 0 aliphatic rings. The van der Waals surface area contributed by atoms with Gasteiger partial charge in [0.25, 0.3) is 0 Å². The fraction of sp³-hybridized carbons (Fsp3) is 0.182. The van der Waals surface area contributed by atoms with Crippen LogP contribution in [-0.2, 0) is 4.79 Å². The molecule has 2 aromatic rings. The molecule has 100 valence electrons. The molecule has 0 saturated carbocycles. The van der Waals surface area contributed by atoms with E-state index in [2.05, 4.69) is 15.5 Å². The Bertz CT molecular complexity index is 558. The molecule has 1 amide bonds. The summed E-state index contributed by atoms with van der Waals surface area (Å²) in [6, 6.07) is 5.64. The van der Waals surface area contributed by atoms with Crippen molar-refractivity contribution in [3.05, 3.63) is 30.1 Å². The molecule has 8 heteroatoms. The molecule has 0 fully saturated rings. The Morgan fingerprint density at radius 3 is 2.74 bits per heavy atom. The number of nitrogens with one attached hydrogen (secondary N) is 1. The number of benzene rings is 1. The number of nitrogen functional groups attached to an aromatic ring is 1. The first-order chi connectivity index (χ1) is 9.13. The molecule has 2 rings (SSSR count). The van der Waals surface area contributed by atoms with E-state index in [0.29, 0.717) is 23.0 Å². The molecule has 0 spiro atoms. The molecule has 0 atom stereocenters. The Morgan fingerprint density at radius 1 is 1.37 bits per heavy atom. The van der Waals surface area contributed by atoms with Crippen LogP contribution >= 0.6 is 23.1 Å². The zero-order chi connectivity index (χ0) is 13.7. The van der Waals surface area contributed by atoms with Crippen LogP contribution in [0.1, 0.15) is 6.42 Å². The van der Waals surface area contributed by atoms with Crippen LogP contribution < -0.4 is 11.1 Å². The fourth-order valence-electron chi connectivity index (χ4n) is 1.27. The quantitative estimate of drug-likeness (QED) is 0.828. The van der Waals surface area contributed by atoms with E-state index in [4.69, 9.17) is 5.73 Å². The molecule has 0 aliphatic heterocycles. The van der Waals surface area contributed by atoms with Crippen molar-refractivity contribution in [3.63, 3.8) is 0 Å². The number of carbonyl (C=O) groups is 1. The number of carbonyl (C=O) groups excluding carboxylic acids is 1. The number of anilines is 2. The molecule has 1 aromatic carbocycles. The van der Waals surface area contributed by atoms with Gasteiger partial charge in [-0.25, -0.2) is 4.39 Å². The van der Waals surface area contributed by atoms with Crippen molar-refractivity contribution in [1.82, 2.24) is 10.2 Å². The van der Waals surface area contributed by atoms with Crippen molar-refractivity contribution in [1.29, 1.82) is 0 Å². The van der Waals surface area contributed by atoms with Gasteiger partial charge in [-0.05, 0) is 24.3 Å². The first kappa shape index (κ1) is 13.8. The van der Waals surface area contributed by atoms with E-state index in [1.807, 2.05) is 0 Å². The van der Waals surface area contributed by atoms with E-state index < -0.39 is 0 Å². The van der Waals surface area contributed by atoms with Crippen molar-refractivity contribution in [3.8, 4) is 0 Å². The lowest BCUT2D eigenvalue weighted by Gasteiger charge is -2.04. The lowest BCUT2D eigenvalue weighted by atomic mass is 10.3. The number of hydrogen-bond acceptors (Lipinski definition) is 6. The number of amides is 1. The van der Waals surface area contributed by atoms with E-state index in [9.17, 15) is 9.18 Å². The molecule has 0 saturated heterocycles. The number of thioether (sulfide) groups is 1. The van der Waals surface area contributed by atoms with Crippen LogP contribution in [0.25, 0.3) is 0 Å². The first-order valence-electron chi connectivity index (χ1n) is 5.40. The maximum atomic E-state index is 12.7. The number of nitrogens with zero attached hydrogens (tertiary/aromatic N) is 2. The number of hydrogen-bond donors (Lipinski definition) is 2. The fourth-order valence-corrected chi connectivity index (χ4v) is 2.91. The predicted octanol–water partition coefficient (Wildman–Crippen LogP) is 2.38. The third-order valence-electron chi connectivity index (χ3n) is 2.10. The standard InChI is InChI=1S/C11H11FN4OS2/c12-7-1-3-8(4-2-7)14-9(17)5-6-18-11-16-15-10(13)19-11/h1-4H,5-6H2,(H2,13,15)(H,14,17). The highest BCUT2D eigenvalue weighted by Crippen LogP contribution is 2.24. The normalized spacial score (nSPS) is 10.4.